The van der Waals surface area contributed by atoms with Gasteiger partial charge in [-0.05, 0) is 12.8 Å². The van der Waals surface area contributed by atoms with Crippen molar-refractivity contribution in [2.45, 2.75) is 44.2 Å². The molecule has 2 heterocycles. The molecule has 1 fully saturated rings. The SMILES string of the molecule is Cn1cc([C@@H](O)CNC(=O)Nc2ccnn2C2CCCCC2)cn1. The van der Waals surface area contributed by atoms with Crippen LogP contribution in [-0.4, -0.2) is 37.2 Å². The second-order valence-corrected chi connectivity index (χ2v) is 6.25. The summed E-state index contributed by atoms with van der Waals surface area (Å²) in [6, 6.07) is 1.80. The number of nitrogens with one attached hydrogen (secondary N) is 2. The molecule has 0 aliphatic heterocycles. The zero-order valence-corrected chi connectivity index (χ0v) is 13.9. The molecule has 1 atom stereocenters. The minimum absolute atomic E-state index is 0.120. The van der Waals surface area contributed by atoms with Gasteiger partial charge in [0.25, 0.3) is 0 Å². The first-order valence-electron chi connectivity index (χ1n) is 8.38. The molecule has 2 amide bonds. The van der Waals surface area contributed by atoms with Crippen molar-refractivity contribution in [2.24, 2.45) is 7.05 Å². The molecule has 0 bridgehead atoms. The van der Waals surface area contributed by atoms with Crippen molar-refractivity contribution in [1.82, 2.24) is 24.9 Å². The first kappa shape index (κ1) is 16.5. The lowest BCUT2D eigenvalue weighted by molar-refractivity contribution is 0.175. The number of aromatic nitrogens is 4. The Balaban J connectivity index is 1.53. The van der Waals surface area contributed by atoms with E-state index < -0.39 is 6.10 Å². The highest BCUT2D eigenvalue weighted by atomic mass is 16.3. The van der Waals surface area contributed by atoms with Gasteiger partial charge in [0.2, 0.25) is 0 Å². The molecule has 1 aliphatic rings. The van der Waals surface area contributed by atoms with E-state index in [0.717, 1.165) is 12.8 Å². The van der Waals surface area contributed by atoms with E-state index in [1.807, 2.05) is 4.68 Å². The van der Waals surface area contributed by atoms with Crippen LogP contribution in [0.4, 0.5) is 10.6 Å². The van der Waals surface area contributed by atoms with Crippen molar-refractivity contribution < 1.29 is 9.90 Å². The average Bonchev–Trinajstić information content (AvgIpc) is 3.22. The number of anilines is 1. The van der Waals surface area contributed by atoms with Crippen LogP contribution in [0, 0.1) is 0 Å². The van der Waals surface area contributed by atoms with Crippen molar-refractivity contribution in [3.05, 3.63) is 30.2 Å². The third-order valence-electron chi connectivity index (χ3n) is 4.40. The quantitative estimate of drug-likeness (QED) is 0.780. The van der Waals surface area contributed by atoms with Crippen LogP contribution >= 0.6 is 0 Å². The van der Waals surface area contributed by atoms with Gasteiger partial charge in [0.05, 0.1) is 24.5 Å². The summed E-state index contributed by atoms with van der Waals surface area (Å²) in [6.07, 6.45) is 10.1. The monoisotopic (exact) mass is 332 g/mol. The van der Waals surface area contributed by atoms with Gasteiger partial charge in [-0.2, -0.15) is 10.2 Å². The largest absolute Gasteiger partial charge is 0.386 e. The fourth-order valence-electron chi connectivity index (χ4n) is 3.11. The smallest absolute Gasteiger partial charge is 0.320 e. The maximum atomic E-state index is 12.1. The van der Waals surface area contributed by atoms with Crippen LogP contribution < -0.4 is 10.6 Å². The number of aryl methyl sites for hydroxylation is 1. The second kappa shape index (κ2) is 7.48. The number of amides is 2. The van der Waals surface area contributed by atoms with Gasteiger partial charge < -0.3 is 10.4 Å². The first-order valence-corrected chi connectivity index (χ1v) is 8.38. The van der Waals surface area contributed by atoms with Crippen LogP contribution in [0.15, 0.2) is 24.7 Å². The molecular formula is C16H24N6O2. The Bertz CT molecular complexity index is 674. The second-order valence-electron chi connectivity index (χ2n) is 6.25. The van der Waals surface area contributed by atoms with Gasteiger partial charge in [0.15, 0.2) is 0 Å². The Labute approximate surface area is 140 Å². The third kappa shape index (κ3) is 3.94. The van der Waals surface area contributed by atoms with Gasteiger partial charge in [-0.15, -0.1) is 0 Å². The van der Waals surface area contributed by atoms with Crippen LogP contribution in [-0.2, 0) is 7.05 Å². The highest BCUT2D eigenvalue weighted by Gasteiger charge is 2.19. The molecule has 8 heteroatoms. The highest BCUT2D eigenvalue weighted by molar-refractivity contribution is 5.88. The number of hydrogen-bond acceptors (Lipinski definition) is 4. The number of urea groups is 1. The Morgan fingerprint density at radius 2 is 2.17 bits per heavy atom. The van der Waals surface area contributed by atoms with Crippen molar-refractivity contribution in [1.29, 1.82) is 0 Å². The van der Waals surface area contributed by atoms with Crippen molar-refractivity contribution in [3.63, 3.8) is 0 Å². The molecule has 8 nitrogen and oxygen atoms in total. The molecule has 0 saturated heterocycles. The third-order valence-corrected chi connectivity index (χ3v) is 4.40. The number of aliphatic hydroxyl groups excluding tert-OH is 1. The number of hydrogen-bond donors (Lipinski definition) is 3. The fraction of sp³-hybridized carbons (Fsp3) is 0.562. The topological polar surface area (TPSA) is 97.0 Å². The summed E-state index contributed by atoms with van der Waals surface area (Å²) in [5.41, 5.74) is 0.671. The van der Waals surface area contributed by atoms with E-state index in [1.165, 1.54) is 19.3 Å². The molecule has 0 radical (unpaired) electrons. The summed E-state index contributed by atoms with van der Waals surface area (Å²) < 4.78 is 3.51. The molecule has 3 N–H and O–H groups in total. The fourth-order valence-corrected chi connectivity index (χ4v) is 3.11. The summed E-state index contributed by atoms with van der Waals surface area (Å²) in [7, 11) is 1.78. The Kier molecular flexibility index (Phi) is 5.14. The number of aliphatic hydroxyl groups is 1. The minimum Gasteiger partial charge on any atom is -0.386 e. The van der Waals surface area contributed by atoms with Gasteiger partial charge in [0.1, 0.15) is 5.82 Å². The maximum absolute atomic E-state index is 12.1. The zero-order chi connectivity index (χ0) is 16.9. The van der Waals surface area contributed by atoms with Gasteiger partial charge in [-0.1, -0.05) is 19.3 Å². The Hall–Kier alpha value is -2.35. The van der Waals surface area contributed by atoms with Crippen molar-refractivity contribution in [3.8, 4) is 0 Å². The molecule has 2 aromatic heterocycles. The molecule has 1 aliphatic carbocycles. The van der Waals surface area contributed by atoms with Gasteiger partial charge in [-0.3, -0.25) is 10.00 Å². The molecule has 0 unspecified atom stereocenters. The van der Waals surface area contributed by atoms with Gasteiger partial charge in [-0.25, -0.2) is 9.48 Å². The van der Waals surface area contributed by atoms with E-state index in [9.17, 15) is 9.90 Å². The molecule has 1 saturated carbocycles. The summed E-state index contributed by atoms with van der Waals surface area (Å²) in [5, 5.41) is 23.9. The Morgan fingerprint density at radius 1 is 1.38 bits per heavy atom. The summed E-state index contributed by atoms with van der Waals surface area (Å²) in [6.45, 7) is 0.120. The molecular weight excluding hydrogens is 308 g/mol. The van der Waals surface area contributed by atoms with E-state index in [1.54, 1.807) is 36.4 Å². The lowest BCUT2D eigenvalue weighted by atomic mass is 9.96. The zero-order valence-electron chi connectivity index (χ0n) is 13.9. The lowest BCUT2D eigenvalue weighted by Gasteiger charge is -2.24. The minimum atomic E-state index is -0.785. The van der Waals surface area contributed by atoms with E-state index in [0.29, 0.717) is 17.4 Å². The number of carbonyl (C=O) groups is 1. The predicted molar refractivity (Wildman–Crippen MR) is 89.5 cm³/mol. The van der Waals surface area contributed by atoms with Gasteiger partial charge >= 0.3 is 6.03 Å². The molecule has 24 heavy (non-hydrogen) atoms. The molecule has 130 valence electrons. The molecule has 0 aromatic carbocycles. The van der Waals surface area contributed by atoms with Crippen LogP contribution in [0.5, 0.6) is 0 Å². The maximum Gasteiger partial charge on any atom is 0.320 e. The normalized spacial score (nSPS) is 16.8. The van der Waals surface area contributed by atoms with Crippen LogP contribution in [0.25, 0.3) is 0 Å². The average molecular weight is 332 g/mol. The number of rotatable bonds is 5. The highest BCUT2D eigenvalue weighted by Crippen LogP contribution is 2.29. The van der Waals surface area contributed by atoms with Gasteiger partial charge in [0, 0.05) is 31.4 Å². The van der Waals surface area contributed by atoms with Crippen molar-refractivity contribution >= 4 is 11.8 Å². The first-order chi connectivity index (χ1) is 11.6. The van der Waals surface area contributed by atoms with E-state index in [2.05, 4.69) is 20.8 Å². The van der Waals surface area contributed by atoms with Crippen LogP contribution in [0.3, 0.4) is 0 Å². The van der Waals surface area contributed by atoms with E-state index in [-0.39, 0.29) is 12.6 Å². The van der Waals surface area contributed by atoms with Crippen molar-refractivity contribution in [2.75, 3.05) is 11.9 Å². The molecule has 3 rings (SSSR count). The molecule has 0 spiro atoms. The van der Waals surface area contributed by atoms with E-state index >= 15 is 0 Å². The Morgan fingerprint density at radius 3 is 2.88 bits per heavy atom. The summed E-state index contributed by atoms with van der Waals surface area (Å²) >= 11 is 0. The number of nitrogens with zero attached hydrogens (tertiary/aromatic N) is 4. The lowest BCUT2D eigenvalue weighted by Crippen LogP contribution is -2.33. The predicted octanol–water partition coefficient (Wildman–Crippen LogP) is 1.98. The molecule has 2 aromatic rings. The summed E-state index contributed by atoms with van der Waals surface area (Å²) in [5.74, 6) is 0.690. The standard InChI is InChI=1S/C16H24N6O2/c1-21-11-12(9-19-21)14(23)10-17-16(24)20-15-7-8-18-22(15)13-5-3-2-4-6-13/h7-9,11,13-14,23H,2-6,10H2,1H3,(H2,17,20,24)/t14-/m0/s1. The van der Waals surface area contributed by atoms with Crippen LogP contribution in [0.1, 0.15) is 49.8 Å². The number of carbonyl (C=O) groups excluding carboxylic acids is 1. The summed E-state index contributed by atoms with van der Waals surface area (Å²) in [4.78, 5) is 12.1. The van der Waals surface area contributed by atoms with E-state index in [4.69, 9.17) is 0 Å². The van der Waals surface area contributed by atoms with Crippen LogP contribution in [0.2, 0.25) is 0 Å².